The SMILES string of the molecule is N#CC(C1=N[C@@H](c2ccccc2)C(c2ccccc2)(c2ccccc2)O1)C1=N[C@@H](c2ccccc2)C(c2ccccc2)(c2ccccc2)O1. The standard InChI is InChI=1S/C44H33N3O2/c45-31-38(41-46-39(32-19-7-1-8-20-32)43(48-41,34-23-11-3-12-24-34)35-25-13-4-14-26-35)42-47-40(33-21-9-2-10-22-33)44(49-42,36-27-15-5-16-28-36)37-29-17-6-18-30-37/h1-30,38-40H/t39-,40-/m0/s1. The van der Waals surface area contributed by atoms with Gasteiger partial charge in [-0.1, -0.05) is 182 Å². The van der Waals surface area contributed by atoms with Crippen molar-refractivity contribution >= 4 is 11.8 Å². The molecular weight excluding hydrogens is 603 g/mol. The number of benzene rings is 6. The van der Waals surface area contributed by atoms with E-state index in [1.54, 1.807) is 0 Å². The molecule has 0 unspecified atom stereocenters. The lowest BCUT2D eigenvalue weighted by Gasteiger charge is -2.36. The van der Waals surface area contributed by atoms with Gasteiger partial charge in [-0.05, 0) is 11.1 Å². The van der Waals surface area contributed by atoms with Crippen LogP contribution < -0.4 is 0 Å². The van der Waals surface area contributed by atoms with Crippen LogP contribution in [0.5, 0.6) is 0 Å². The molecule has 0 amide bonds. The molecule has 5 heteroatoms. The quantitative estimate of drug-likeness (QED) is 0.167. The Balaban J connectivity index is 1.31. The summed E-state index contributed by atoms with van der Waals surface area (Å²) in [6.07, 6.45) is 0. The first kappa shape index (κ1) is 30.1. The fourth-order valence-electron chi connectivity index (χ4n) is 7.25. The summed E-state index contributed by atoms with van der Waals surface area (Å²) >= 11 is 0. The Morgan fingerprint density at radius 1 is 0.429 bits per heavy atom. The number of hydrogen-bond acceptors (Lipinski definition) is 5. The Bertz CT molecular complexity index is 1900. The number of rotatable bonds is 8. The van der Waals surface area contributed by atoms with Crippen molar-refractivity contribution in [1.29, 1.82) is 5.26 Å². The minimum absolute atomic E-state index is 0.270. The lowest BCUT2D eigenvalue weighted by Crippen LogP contribution is -2.38. The van der Waals surface area contributed by atoms with Crippen LogP contribution in [0.1, 0.15) is 45.5 Å². The second kappa shape index (κ2) is 12.7. The summed E-state index contributed by atoms with van der Waals surface area (Å²) in [6.45, 7) is 0. The molecule has 0 saturated heterocycles. The highest BCUT2D eigenvalue weighted by atomic mass is 16.5. The Morgan fingerprint density at radius 2 is 0.694 bits per heavy atom. The molecule has 6 aromatic carbocycles. The molecule has 2 aliphatic rings. The normalized spacial score (nSPS) is 18.9. The van der Waals surface area contributed by atoms with E-state index in [-0.39, 0.29) is 11.8 Å². The summed E-state index contributed by atoms with van der Waals surface area (Å²) in [5.41, 5.74) is 3.61. The van der Waals surface area contributed by atoms with E-state index < -0.39 is 29.2 Å². The van der Waals surface area contributed by atoms with Crippen molar-refractivity contribution in [1.82, 2.24) is 0 Å². The molecule has 0 aliphatic carbocycles. The predicted molar refractivity (Wildman–Crippen MR) is 192 cm³/mol. The zero-order valence-electron chi connectivity index (χ0n) is 26.7. The molecule has 0 saturated carbocycles. The second-order valence-corrected chi connectivity index (χ2v) is 12.3. The predicted octanol–water partition coefficient (Wildman–Crippen LogP) is 9.35. The Morgan fingerprint density at radius 3 is 0.959 bits per heavy atom. The van der Waals surface area contributed by atoms with E-state index in [4.69, 9.17) is 19.5 Å². The largest absolute Gasteiger partial charge is 0.460 e. The molecule has 2 aliphatic heterocycles. The van der Waals surface area contributed by atoms with Crippen molar-refractivity contribution < 1.29 is 9.47 Å². The summed E-state index contributed by atoms with van der Waals surface area (Å²) < 4.78 is 14.3. The van der Waals surface area contributed by atoms with E-state index in [2.05, 4.69) is 78.9 Å². The van der Waals surface area contributed by atoms with Crippen LogP contribution in [0.3, 0.4) is 0 Å². The van der Waals surface area contributed by atoms with Crippen LogP contribution in [0, 0.1) is 17.2 Å². The minimum atomic E-state index is -1.04. The van der Waals surface area contributed by atoms with Crippen LogP contribution in [0.2, 0.25) is 0 Å². The van der Waals surface area contributed by atoms with Gasteiger partial charge in [-0.15, -0.1) is 0 Å². The highest BCUT2D eigenvalue weighted by Crippen LogP contribution is 2.54. The van der Waals surface area contributed by atoms with Crippen LogP contribution in [0.25, 0.3) is 0 Å². The van der Waals surface area contributed by atoms with E-state index in [0.717, 1.165) is 33.4 Å². The number of aliphatic imine (C=N–C) groups is 2. The van der Waals surface area contributed by atoms with Gasteiger partial charge in [-0.25, -0.2) is 9.98 Å². The molecule has 0 spiro atoms. The molecular formula is C44H33N3O2. The fourth-order valence-corrected chi connectivity index (χ4v) is 7.25. The van der Waals surface area contributed by atoms with E-state index in [0.29, 0.717) is 0 Å². The van der Waals surface area contributed by atoms with Gasteiger partial charge in [-0.3, -0.25) is 0 Å². The van der Waals surface area contributed by atoms with Crippen molar-refractivity contribution in [2.75, 3.05) is 0 Å². The van der Waals surface area contributed by atoms with Crippen LogP contribution >= 0.6 is 0 Å². The van der Waals surface area contributed by atoms with Crippen molar-refractivity contribution in [3.8, 4) is 6.07 Å². The summed E-state index contributed by atoms with van der Waals surface area (Å²) in [6, 6.07) is 62.3. The summed E-state index contributed by atoms with van der Waals surface area (Å²) in [4.78, 5) is 10.6. The average molecular weight is 636 g/mol. The van der Waals surface area contributed by atoms with Crippen LogP contribution in [0.15, 0.2) is 192 Å². The zero-order chi connectivity index (χ0) is 33.1. The molecule has 49 heavy (non-hydrogen) atoms. The number of nitrogens with zero attached hydrogens (tertiary/aromatic N) is 3. The zero-order valence-corrected chi connectivity index (χ0v) is 26.7. The fraction of sp³-hybridized carbons (Fsp3) is 0.114. The minimum Gasteiger partial charge on any atom is -0.460 e. The maximum absolute atomic E-state index is 11.0. The molecule has 0 radical (unpaired) electrons. The first-order valence-electron chi connectivity index (χ1n) is 16.5. The van der Waals surface area contributed by atoms with Crippen LogP contribution in [-0.2, 0) is 20.7 Å². The second-order valence-electron chi connectivity index (χ2n) is 12.3. The lowest BCUT2D eigenvalue weighted by atomic mass is 9.78. The summed E-state index contributed by atoms with van der Waals surface area (Å²) in [5, 5.41) is 11.0. The molecule has 5 nitrogen and oxygen atoms in total. The van der Waals surface area contributed by atoms with E-state index >= 15 is 0 Å². The van der Waals surface area contributed by atoms with Gasteiger partial charge in [0.25, 0.3) is 0 Å². The van der Waals surface area contributed by atoms with Gasteiger partial charge in [0, 0.05) is 22.3 Å². The van der Waals surface area contributed by atoms with E-state index in [1.807, 2.05) is 109 Å². The van der Waals surface area contributed by atoms with E-state index in [9.17, 15) is 5.26 Å². The van der Waals surface area contributed by atoms with Gasteiger partial charge in [0.1, 0.15) is 12.1 Å². The van der Waals surface area contributed by atoms with Crippen molar-refractivity contribution in [2.45, 2.75) is 23.3 Å². The lowest BCUT2D eigenvalue weighted by molar-refractivity contribution is 0.0836. The number of hydrogen-bond donors (Lipinski definition) is 0. The molecule has 6 aromatic rings. The third-order valence-corrected chi connectivity index (χ3v) is 9.48. The van der Waals surface area contributed by atoms with Gasteiger partial charge in [0.2, 0.25) is 11.8 Å². The molecule has 0 bridgehead atoms. The van der Waals surface area contributed by atoms with E-state index in [1.165, 1.54) is 0 Å². The van der Waals surface area contributed by atoms with Gasteiger partial charge >= 0.3 is 0 Å². The third kappa shape index (κ3) is 5.10. The smallest absolute Gasteiger partial charge is 0.212 e. The highest BCUT2D eigenvalue weighted by Gasteiger charge is 2.56. The molecule has 2 heterocycles. The van der Waals surface area contributed by atoms with Crippen LogP contribution in [-0.4, -0.2) is 11.8 Å². The third-order valence-electron chi connectivity index (χ3n) is 9.48. The van der Waals surface area contributed by atoms with Gasteiger partial charge in [0.05, 0.1) is 6.07 Å². The molecule has 0 aromatic heterocycles. The summed E-state index contributed by atoms with van der Waals surface area (Å²) in [7, 11) is 0. The van der Waals surface area contributed by atoms with Crippen molar-refractivity contribution in [2.24, 2.45) is 15.9 Å². The molecule has 0 N–H and O–H groups in total. The van der Waals surface area contributed by atoms with Gasteiger partial charge in [0.15, 0.2) is 17.1 Å². The Hall–Kier alpha value is -6.25. The monoisotopic (exact) mass is 635 g/mol. The Kier molecular flexibility index (Phi) is 7.83. The maximum Gasteiger partial charge on any atom is 0.212 e. The topological polar surface area (TPSA) is 67.0 Å². The average Bonchev–Trinajstić information content (AvgIpc) is 3.79. The van der Waals surface area contributed by atoms with Crippen molar-refractivity contribution in [3.05, 3.63) is 215 Å². The number of ether oxygens (including phenoxy) is 2. The first-order chi connectivity index (χ1) is 24.2. The van der Waals surface area contributed by atoms with Gasteiger partial charge < -0.3 is 9.47 Å². The summed E-state index contributed by atoms with van der Waals surface area (Å²) in [5.74, 6) is -0.473. The molecule has 2 atom stereocenters. The van der Waals surface area contributed by atoms with Crippen molar-refractivity contribution in [3.63, 3.8) is 0 Å². The molecule has 236 valence electrons. The first-order valence-corrected chi connectivity index (χ1v) is 16.5. The Labute approximate surface area is 286 Å². The number of nitriles is 1. The molecule has 0 fully saturated rings. The maximum atomic E-state index is 11.0. The molecule has 8 rings (SSSR count). The highest BCUT2D eigenvalue weighted by molar-refractivity contribution is 6.05. The van der Waals surface area contributed by atoms with Gasteiger partial charge in [-0.2, -0.15) is 5.26 Å². The van der Waals surface area contributed by atoms with Crippen LogP contribution in [0.4, 0.5) is 0 Å².